The van der Waals surface area contributed by atoms with Gasteiger partial charge in [0.25, 0.3) is 0 Å². The fraction of sp³-hybridized carbons (Fsp3) is 0.500. The minimum absolute atomic E-state index is 0.168. The van der Waals surface area contributed by atoms with Crippen molar-refractivity contribution in [1.82, 2.24) is 9.71 Å². The molecule has 0 atom stereocenters. The number of hydrogen-bond acceptors (Lipinski definition) is 6. The third kappa shape index (κ3) is 5.61. The van der Waals surface area contributed by atoms with E-state index in [0.717, 1.165) is 17.6 Å². The smallest absolute Gasteiger partial charge is 0.347 e. The van der Waals surface area contributed by atoms with Crippen LogP contribution in [0.1, 0.15) is 16.1 Å². The van der Waals surface area contributed by atoms with Crippen molar-refractivity contribution in [3.05, 3.63) is 11.1 Å². The number of rotatable bonds is 7. The maximum absolute atomic E-state index is 10.7. The molecule has 0 spiro atoms. The van der Waals surface area contributed by atoms with Crippen LogP contribution in [0.4, 0.5) is 5.13 Å². The van der Waals surface area contributed by atoms with Gasteiger partial charge in [0, 0.05) is 13.1 Å². The summed E-state index contributed by atoms with van der Waals surface area (Å²) in [6.45, 7) is 0.859. The van der Waals surface area contributed by atoms with Crippen molar-refractivity contribution in [3.8, 4) is 0 Å². The Morgan fingerprint density at radius 1 is 1.53 bits per heavy atom. The molecule has 3 N–H and O–H groups in total. The van der Waals surface area contributed by atoms with Crippen LogP contribution in [-0.4, -0.2) is 43.8 Å². The minimum Gasteiger partial charge on any atom is -0.477 e. The third-order valence-corrected chi connectivity index (χ3v) is 3.38. The highest BCUT2D eigenvalue weighted by Crippen LogP contribution is 2.17. The van der Waals surface area contributed by atoms with Gasteiger partial charge < -0.3 is 10.4 Å². The molecule has 1 aromatic heterocycles. The number of aromatic nitrogens is 1. The highest BCUT2D eigenvalue weighted by Gasteiger charge is 2.07. The molecule has 17 heavy (non-hydrogen) atoms. The van der Waals surface area contributed by atoms with Gasteiger partial charge in [-0.2, -0.15) is 0 Å². The predicted octanol–water partition coefficient (Wildman–Crippen LogP) is 0.192. The van der Waals surface area contributed by atoms with E-state index >= 15 is 0 Å². The lowest BCUT2D eigenvalue weighted by Crippen LogP contribution is -2.24. The molecule has 0 aliphatic heterocycles. The summed E-state index contributed by atoms with van der Waals surface area (Å²) in [6.07, 6.45) is 2.97. The van der Waals surface area contributed by atoms with Crippen LogP contribution in [0.25, 0.3) is 0 Å². The number of carboxylic acids is 1. The molecular formula is C8H13N3O4S2. The van der Waals surface area contributed by atoms with Gasteiger partial charge in [0.2, 0.25) is 10.0 Å². The van der Waals surface area contributed by atoms with E-state index in [1.165, 1.54) is 6.20 Å². The van der Waals surface area contributed by atoms with Gasteiger partial charge >= 0.3 is 5.97 Å². The van der Waals surface area contributed by atoms with E-state index in [1.807, 2.05) is 0 Å². The van der Waals surface area contributed by atoms with Gasteiger partial charge in [-0.3, -0.25) is 0 Å². The van der Waals surface area contributed by atoms with Gasteiger partial charge in [-0.15, -0.1) is 0 Å². The zero-order chi connectivity index (χ0) is 12.9. The number of carbonyl (C=O) groups is 1. The van der Waals surface area contributed by atoms with Crippen molar-refractivity contribution in [3.63, 3.8) is 0 Å². The fourth-order valence-corrected chi connectivity index (χ4v) is 2.19. The summed E-state index contributed by atoms with van der Waals surface area (Å²) in [4.78, 5) is 14.6. The van der Waals surface area contributed by atoms with Gasteiger partial charge in [-0.05, 0) is 6.42 Å². The zero-order valence-electron chi connectivity index (χ0n) is 9.13. The van der Waals surface area contributed by atoms with Crippen molar-refractivity contribution < 1.29 is 18.3 Å². The summed E-state index contributed by atoms with van der Waals surface area (Å²) in [5, 5.41) is 12.1. The molecule has 1 rings (SSSR count). The lowest BCUT2D eigenvalue weighted by atomic mass is 10.4. The lowest BCUT2D eigenvalue weighted by molar-refractivity contribution is 0.0702. The summed E-state index contributed by atoms with van der Waals surface area (Å²) in [5.41, 5.74) is 0. The average molecular weight is 279 g/mol. The second-order valence-corrected chi connectivity index (χ2v) is 6.15. The first kappa shape index (κ1) is 13.9. The van der Waals surface area contributed by atoms with Gasteiger partial charge in [0.1, 0.15) is 4.88 Å². The Morgan fingerprint density at radius 2 is 2.24 bits per heavy atom. The number of nitrogens with zero attached hydrogens (tertiary/aromatic N) is 1. The normalized spacial score (nSPS) is 11.4. The topological polar surface area (TPSA) is 108 Å². The van der Waals surface area contributed by atoms with Gasteiger partial charge in [0.05, 0.1) is 12.5 Å². The van der Waals surface area contributed by atoms with Crippen molar-refractivity contribution in [1.29, 1.82) is 0 Å². The van der Waals surface area contributed by atoms with E-state index in [0.29, 0.717) is 24.6 Å². The average Bonchev–Trinajstić information content (AvgIpc) is 2.64. The highest BCUT2D eigenvalue weighted by atomic mass is 32.2. The number of anilines is 1. The monoisotopic (exact) mass is 279 g/mol. The SMILES string of the molecule is CS(=O)(=O)NCCCNc1ncc(C(=O)O)s1. The molecule has 0 fully saturated rings. The molecule has 0 saturated heterocycles. The van der Waals surface area contributed by atoms with Crippen molar-refractivity contribution in [2.45, 2.75) is 6.42 Å². The number of thiazole rings is 1. The first-order chi connectivity index (χ1) is 7.88. The van der Waals surface area contributed by atoms with Crippen molar-refractivity contribution in [2.75, 3.05) is 24.7 Å². The summed E-state index contributed by atoms with van der Waals surface area (Å²) in [7, 11) is -3.14. The van der Waals surface area contributed by atoms with Gasteiger partial charge in [-0.1, -0.05) is 11.3 Å². The van der Waals surface area contributed by atoms with Crippen molar-refractivity contribution >= 4 is 32.5 Å². The van der Waals surface area contributed by atoms with E-state index in [9.17, 15) is 13.2 Å². The zero-order valence-corrected chi connectivity index (χ0v) is 10.8. The Morgan fingerprint density at radius 3 is 2.76 bits per heavy atom. The summed E-state index contributed by atoms with van der Waals surface area (Å²) >= 11 is 1.04. The number of sulfonamides is 1. The fourth-order valence-electron chi connectivity index (χ4n) is 0.996. The quantitative estimate of drug-likeness (QED) is 0.615. The van der Waals surface area contributed by atoms with Crippen LogP contribution in [0.2, 0.25) is 0 Å². The highest BCUT2D eigenvalue weighted by molar-refractivity contribution is 7.88. The van der Waals surface area contributed by atoms with Crippen LogP contribution in [0.5, 0.6) is 0 Å². The summed E-state index contributed by atoms with van der Waals surface area (Å²) in [6, 6.07) is 0. The Hall–Kier alpha value is -1.19. The second-order valence-electron chi connectivity index (χ2n) is 3.28. The van der Waals surface area contributed by atoms with Crippen LogP contribution in [-0.2, 0) is 10.0 Å². The maximum Gasteiger partial charge on any atom is 0.347 e. The second kappa shape index (κ2) is 5.94. The van der Waals surface area contributed by atoms with Crippen LogP contribution >= 0.6 is 11.3 Å². The molecule has 0 aliphatic carbocycles. The molecular weight excluding hydrogens is 266 g/mol. The maximum atomic E-state index is 10.7. The Balaban J connectivity index is 2.24. The Kier molecular flexibility index (Phi) is 4.85. The van der Waals surface area contributed by atoms with E-state index in [2.05, 4.69) is 15.0 Å². The summed E-state index contributed by atoms with van der Waals surface area (Å²) < 4.78 is 23.8. The van der Waals surface area contributed by atoms with Crippen LogP contribution in [0.15, 0.2) is 6.20 Å². The van der Waals surface area contributed by atoms with Crippen molar-refractivity contribution in [2.24, 2.45) is 0 Å². The molecule has 7 nitrogen and oxygen atoms in total. The largest absolute Gasteiger partial charge is 0.477 e. The molecule has 0 amide bonds. The van der Waals surface area contributed by atoms with Crippen LogP contribution in [0, 0.1) is 0 Å². The predicted molar refractivity (Wildman–Crippen MR) is 65.0 cm³/mol. The standard InChI is InChI=1S/C8H13N3O4S2/c1-17(14,15)11-4-2-3-9-8-10-5-6(16-8)7(12)13/h5,11H,2-4H2,1H3,(H,9,10)(H,12,13). The summed E-state index contributed by atoms with van der Waals surface area (Å²) in [5.74, 6) is -1.01. The third-order valence-electron chi connectivity index (χ3n) is 1.71. The molecule has 0 bridgehead atoms. The van der Waals surface area contributed by atoms with E-state index in [4.69, 9.17) is 5.11 Å². The van der Waals surface area contributed by atoms with Gasteiger partial charge in [0.15, 0.2) is 5.13 Å². The first-order valence-electron chi connectivity index (χ1n) is 4.76. The molecule has 1 aromatic rings. The van der Waals surface area contributed by atoms with Crippen LogP contribution in [0.3, 0.4) is 0 Å². The van der Waals surface area contributed by atoms with E-state index < -0.39 is 16.0 Å². The molecule has 9 heteroatoms. The molecule has 96 valence electrons. The van der Waals surface area contributed by atoms with Crippen LogP contribution < -0.4 is 10.0 Å². The molecule has 0 unspecified atom stereocenters. The molecule has 0 saturated carbocycles. The van der Waals surface area contributed by atoms with E-state index in [-0.39, 0.29) is 4.88 Å². The molecule has 1 heterocycles. The number of aromatic carboxylic acids is 1. The number of nitrogens with one attached hydrogen (secondary N) is 2. The molecule has 0 radical (unpaired) electrons. The molecule has 0 aliphatic rings. The lowest BCUT2D eigenvalue weighted by Gasteiger charge is -2.03. The molecule has 0 aromatic carbocycles. The number of hydrogen-bond donors (Lipinski definition) is 3. The Labute approximate surface area is 103 Å². The Bertz CT molecular complexity index is 483. The number of carboxylic acid groups (broad SMARTS) is 1. The first-order valence-corrected chi connectivity index (χ1v) is 7.47. The van der Waals surface area contributed by atoms with Gasteiger partial charge in [-0.25, -0.2) is 22.9 Å². The van der Waals surface area contributed by atoms with E-state index in [1.54, 1.807) is 0 Å². The minimum atomic E-state index is -3.14.